The second kappa shape index (κ2) is 4.65. The fourth-order valence-corrected chi connectivity index (χ4v) is 5.14. The second-order valence-corrected chi connectivity index (χ2v) is 7.51. The van der Waals surface area contributed by atoms with Crippen LogP contribution in [0, 0.1) is 23.7 Å². The van der Waals surface area contributed by atoms with Crippen molar-refractivity contribution in [3.05, 3.63) is 0 Å². The third-order valence-corrected chi connectivity index (χ3v) is 6.33. The van der Waals surface area contributed by atoms with E-state index in [1.165, 1.54) is 6.42 Å². The highest BCUT2D eigenvalue weighted by atomic mass is 17.3. The van der Waals surface area contributed by atoms with E-state index < -0.39 is 17.7 Å². The molecule has 0 amide bonds. The van der Waals surface area contributed by atoms with Gasteiger partial charge in [-0.15, -0.1) is 0 Å². The fourth-order valence-electron chi connectivity index (χ4n) is 5.14. The zero-order valence-corrected chi connectivity index (χ0v) is 13.3. The SMILES string of the molecule is COC1O[C@@H]2OC3(C)CC[C@H]4[C@H](C)CC[C@@H]([C@H]1C)[C@@]24OO3. The van der Waals surface area contributed by atoms with E-state index in [1.807, 2.05) is 6.92 Å². The Labute approximate surface area is 126 Å². The summed E-state index contributed by atoms with van der Waals surface area (Å²) in [4.78, 5) is 11.8. The van der Waals surface area contributed by atoms with Gasteiger partial charge in [0.2, 0.25) is 5.79 Å². The van der Waals surface area contributed by atoms with Crippen molar-refractivity contribution in [1.29, 1.82) is 0 Å². The summed E-state index contributed by atoms with van der Waals surface area (Å²) in [6.07, 6.45) is 3.64. The van der Waals surface area contributed by atoms with E-state index in [-0.39, 0.29) is 12.2 Å². The van der Waals surface area contributed by atoms with E-state index in [0.717, 1.165) is 19.3 Å². The van der Waals surface area contributed by atoms with Crippen LogP contribution < -0.4 is 0 Å². The zero-order chi connectivity index (χ0) is 14.8. The minimum atomic E-state index is -0.698. The summed E-state index contributed by atoms with van der Waals surface area (Å²) in [7, 11) is 1.70. The smallest absolute Gasteiger partial charge is 0.201 e. The summed E-state index contributed by atoms with van der Waals surface area (Å²) < 4.78 is 17.9. The molecule has 2 bridgehead atoms. The molecule has 1 saturated carbocycles. The van der Waals surface area contributed by atoms with Gasteiger partial charge in [-0.1, -0.05) is 13.8 Å². The van der Waals surface area contributed by atoms with Gasteiger partial charge in [-0.3, -0.25) is 0 Å². The van der Waals surface area contributed by atoms with Crippen LogP contribution in [0.1, 0.15) is 46.5 Å². The molecule has 1 spiro atoms. The van der Waals surface area contributed by atoms with Gasteiger partial charge in [0.25, 0.3) is 0 Å². The van der Waals surface area contributed by atoms with Crippen LogP contribution in [0.3, 0.4) is 0 Å². The van der Waals surface area contributed by atoms with E-state index in [1.54, 1.807) is 7.11 Å². The van der Waals surface area contributed by atoms with Gasteiger partial charge in [0.1, 0.15) is 0 Å². The van der Waals surface area contributed by atoms with Crippen molar-refractivity contribution in [1.82, 2.24) is 0 Å². The molecule has 5 rings (SSSR count). The Kier molecular flexibility index (Phi) is 3.19. The molecule has 0 N–H and O–H groups in total. The second-order valence-electron chi connectivity index (χ2n) is 7.51. The van der Waals surface area contributed by atoms with Crippen molar-refractivity contribution >= 4 is 0 Å². The number of fused-ring (bicyclic) bond motifs is 2. The quantitative estimate of drug-likeness (QED) is 0.697. The molecule has 21 heavy (non-hydrogen) atoms. The highest BCUT2D eigenvalue weighted by Crippen LogP contribution is 2.60. The Hall–Kier alpha value is -0.200. The van der Waals surface area contributed by atoms with E-state index >= 15 is 0 Å². The topological polar surface area (TPSA) is 46.2 Å². The summed E-state index contributed by atoms with van der Waals surface area (Å²) in [5.41, 5.74) is -0.470. The molecule has 0 aromatic carbocycles. The van der Waals surface area contributed by atoms with E-state index in [2.05, 4.69) is 13.8 Å². The van der Waals surface area contributed by atoms with Crippen molar-refractivity contribution in [2.24, 2.45) is 23.7 Å². The van der Waals surface area contributed by atoms with E-state index in [0.29, 0.717) is 17.8 Å². The molecular weight excluding hydrogens is 272 g/mol. The average Bonchev–Trinajstić information content (AvgIpc) is 2.69. The number of ether oxygens (including phenoxy) is 3. The van der Waals surface area contributed by atoms with Gasteiger partial charge in [-0.05, 0) is 38.0 Å². The van der Waals surface area contributed by atoms with E-state index in [9.17, 15) is 0 Å². The van der Waals surface area contributed by atoms with Crippen LogP contribution in [0.25, 0.3) is 0 Å². The highest BCUT2D eigenvalue weighted by molar-refractivity contribution is 5.08. The van der Waals surface area contributed by atoms with Crippen molar-refractivity contribution < 1.29 is 24.0 Å². The van der Waals surface area contributed by atoms with Gasteiger partial charge < -0.3 is 14.2 Å². The third kappa shape index (κ3) is 1.81. The lowest BCUT2D eigenvalue weighted by molar-refractivity contribution is -0.577. The summed E-state index contributed by atoms with van der Waals surface area (Å²) in [5.74, 6) is 0.953. The number of hydrogen-bond donors (Lipinski definition) is 0. The Balaban J connectivity index is 1.79. The largest absolute Gasteiger partial charge is 0.355 e. The molecule has 5 nitrogen and oxygen atoms in total. The van der Waals surface area contributed by atoms with Crippen molar-refractivity contribution in [2.45, 2.75) is 70.4 Å². The first-order chi connectivity index (χ1) is 10.00. The lowest BCUT2D eigenvalue weighted by atomic mass is 9.58. The highest BCUT2D eigenvalue weighted by Gasteiger charge is 2.69. The van der Waals surface area contributed by atoms with E-state index in [4.69, 9.17) is 24.0 Å². The maximum Gasteiger partial charge on any atom is 0.201 e. The summed E-state index contributed by atoms with van der Waals surface area (Å²) in [6.45, 7) is 6.46. The predicted octanol–water partition coefficient (Wildman–Crippen LogP) is 2.84. The van der Waals surface area contributed by atoms with Gasteiger partial charge in [0.15, 0.2) is 18.2 Å². The van der Waals surface area contributed by atoms with Gasteiger partial charge in [0, 0.05) is 25.4 Å². The molecule has 4 aliphatic heterocycles. The Morgan fingerprint density at radius 3 is 2.62 bits per heavy atom. The molecule has 4 heterocycles. The first kappa shape index (κ1) is 14.4. The standard InChI is InChI=1S/C16H26O5/c1-9-5-6-12-10(2)13(17-4)18-14-16(12)11(9)7-8-15(3,19-14)20-21-16/h9-14H,5-8H2,1-4H3/t9-,10-,11+,12+,13?,14-,15?,16-/m1/s1. The molecule has 5 fully saturated rings. The number of hydrogen-bond acceptors (Lipinski definition) is 5. The fraction of sp³-hybridized carbons (Fsp3) is 1.00. The summed E-state index contributed by atoms with van der Waals surface area (Å²) >= 11 is 0. The lowest BCUT2D eigenvalue weighted by Crippen LogP contribution is -2.70. The molecule has 120 valence electrons. The maximum atomic E-state index is 6.21. The molecule has 0 radical (unpaired) electrons. The molecular formula is C16H26O5. The first-order valence-electron chi connectivity index (χ1n) is 8.23. The van der Waals surface area contributed by atoms with Gasteiger partial charge in [-0.25, -0.2) is 9.78 Å². The molecule has 1 aliphatic carbocycles. The average molecular weight is 298 g/mol. The van der Waals surface area contributed by atoms with Crippen LogP contribution in [-0.2, 0) is 24.0 Å². The predicted molar refractivity (Wildman–Crippen MR) is 73.8 cm³/mol. The van der Waals surface area contributed by atoms with Crippen LogP contribution in [0.4, 0.5) is 0 Å². The van der Waals surface area contributed by atoms with Crippen LogP contribution in [0.2, 0.25) is 0 Å². The minimum Gasteiger partial charge on any atom is -0.355 e. The number of methoxy groups -OCH3 is 1. The van der Waals surface area contributed by atoms with Crippen molar-refractivity contribution in [3.63, 3.8) is 0 Å². The zero-order valence-electron chi connectivity index (χ0n) is 13.3. The Morgan fingerprint density at radius 1 is 1.05 bits per heavy atom. The molecule has 2 unspecified atom stereocenters. The monoisotopic (exact) mass is 298 g/mol. The Bertz CT molecular complexity index is 429. The summed E-state index contributed by atoms with van der Waals surface area (Å²) in [5, 5.41) is 0. The first-order valence-corrected chi connectivity index (χ1v) is 8.23. The normalized spacial score (nSPS) is 59.4. The number of rotatable bonds is 1. The van der Waals surface area contributed by atoms with Crippen LogP contribution in [0.5, 0.6) is 0 Å². The molecule has 4 saturated heterocycles. The summed E-state index contributed by atoms with van der Waals surface area (Å²) in [6, 6.07) is 0. The molecule has 5 aliphatic rings. The molecule has 0 aromatic rings. The maximum absolute atomic E-state index is 6.21. The lowest BCUT2D eigenvalue weighted by Gasteiger charge is -2.60. The van der Waals surface area contributed by atoms with Gasteiger partial charge in [0.05, 0.1) is 0 Å². The molecule has 0 aromatic heterocycles. The molecule has 5 heteroatoms. The van der Waals surface area contributed by atoms with Crippen LogP contribution in [0.15, 0.2) is 0 Å². The van der Waals surface area contributed by atoms with Gasteiger partial charge in [-0.2, -0.15) is 0 Å². The third-order valence-electron chi connectivity index (χ3n) is 6.33. The molecule has 8 atom stereocenters. The minimum absolute atomic E-state index is 0.230. The van der Waals surface area contributed by atoms with Crippen molar-refractivity contribution in [2.75, 3.05) is 7.11 Å². The Morgan fingerprint density at radius 2 is 1.86 bits per heavy atom. The van der Waals surface area contributed by atoms with Gasteiger partial charge >= 0.3 is 0 Å². The van der Waals surface area contributed by atoms with Crippen molar-refractivity contribution in [3.8, 4) is 0 Å². The van der Waals surface area contributed by atoms with Crippen LogP contribution >= 0.6 is 0 Å². The van der Waals surface area contributed by atoms with Crippen LogP contribution in [-0.4, -0.2) is 31.1 Å².